The quantitative estimate of drug-likeness (QED) is 0.819. The maximum Gasteiger partial charge on any atom is 0.165 e. The first kappa shape index (κ1) is 13.7. The normalized spacial score (nSPS) is 9.41. The Kier molecular flexibility index (Phi) is 5.68. The minimum atomic E-state index is 0.325. The van der Waals surface area contributed by atoms with E-state index in [4.69, 9.17) is 26.8 Å². The van der Waals surface area contributed by atoms with E-state index in [1.54, 1.807) is 20.1 Å². The maximum absolute atomic E-state index is 5.99. The zero-order valence-corrected chi connectivity index (χ0v) is 10.8. The number of hydrogen-bond acceptors (Lipinski definition) is 3. The highest BCUT2D eigenvalue weighted by molar-refractivity contribution is 6.30. The van der Waals surface area contributed by atoms with Gasteiger partial charge in [0.2, 0.25) is 0 Å². The molecule has 1 aromatic carbocycles. The van der Waals surface area contributed by atoms with E-state index in [2.05, 4.69) is 11.8 Å². The zero-order valence-electron chi connectivity index (χ0n) is 10.0. The van der Waals surface area contributed by atoms with Crippen LogP contribution in [0.4, 0.5) is 0 Å². The molecule has 1 rings (SSSR count). The maximum atomic E-state index is 5.99. The van der Waals surface area contributed by atoms with Crippen LogP contribution in [0.25, 0.3) is 0 Å². The van der Waals surface area contributed by atoms with Gasteiger partial charge in [0.25, 0.3) is 0 Å². The van der Waals surface area contributed by atoms with E-state index in [1.807, 2.05) is 6.07 Å². The van der Waals surface area contributed by atoms with Gasteiger partial charge in [0.15, 0.2) is 11.5 Å². The Morgan fingerprint density at radius 1 is 1.41 bits per heavy atom. The Balaban J connectivity index is 3.05. The molecule has 0 atom stereocenters. The molecule has 1 aromatic rings. The molecule has 0 amide bonds. The van der Waals surface area contributed by atoms with E-state index in [0.717, 1.165) is 5.56 Å². The number of benzene rings is 1. The average molecular weight is 254 g/mol. The monoisotopic (exact) mass is 253 g/mol. The van der Waals surface area contributed by atoms with Crippen molar-refractivity contribution in [2.24, 2.45) is 5.73 Å². The number of hydrogen-bond donors (Lipinski definition) is 1. The van der Waals surface area contributed by atoms with E-state index in [-0.39, 0.29) is 0 Å². The Hall–Kier alpha value is -1.37. The highest BCUT2D eigenvalue weighted by Crippen LogP contribution is 2.34. The summed E-state index contributed by atoms with van der Waals surface area (Å²) < 4.78 is 10.8. The van der Waals surface area contributed by atoms with Crippen LogP contribution in [0.15, 0.2) is 12.1 Å². The second-order valence-corrected chi connectivity index (χ2v) is 3.79. The van der Waals surface area contributed by atoms with Crippen molar-refractivity contribution in [3.05, 3.63) is 22.7 Å². The van der Waals surface area contributed by atoms with Crippen molar-refractivity contribution in [3.8, 4) is 23.3 Å². The molecule has 2 N–H and O–H groups in total. The Bertz CT molecular complexity index is 435. The predicted molar refractivity (Wildman–Crippen MR) is 69.7 cm³/mol. The number of methoxy groups -OCH3 is 1. The molecule has 4 heteroatoms. The van der Waals surface area contributed by atoms with E-state index < -0.39 is 0 Å². The third-order valence-corrected chi connectivity index (χ3v) is 2.41. The molecule has 3 nitrogen and oxygen atoms in total. The van der Waals surface area contributed by atoms with Crippen LogP contribution in [-0.4, -0.2) is 20.3 Å². The lowest BCUT2D eigenvalue weighted by molar-refractivity contribution is 0.327. The van der Waals surface area contributed by atoms with Crippen LogP contribution >= 0.6 is 11.6 Å². The summed E-state index contributed by atoms with van der Waals surface area (Å²) in [7, 11) is 1.58. The highest BCUT2D eigenvalue weighted by Gasteiger charge is 2.11. The summed E-state index contributed by atoms with van der Waals surface area (Å²) in [4.78, 5) is 0. The van der Waals surface area contributed by atoms with E-state index in [1.165, 1.54) is 0 Å². The average Bonchev–Trinajstić information content (AvgIpc) is 2.31. The molecule has 0 aliphatic heterocycles. The smallest absolute Gasteiger partial charge is 0.165 e. The van der Waals surface area contributed by atoms with Crippen molar-refractivity contribution in [3.63, 3.8) is 0 Å². The van der Waals surface area contributed by atoms with Crippen LogP contribution < -0.4 is 15.2 Å². The number of halogens is 1. The predicted octanol–water partition coefficient (Wildman–Crippen LogP) is 2.25. The van der Waals surface area contributed by atoms with Gasteiger partial charge in [0, 0.05) is 16.7 Å². The molecule has 0 spiro atoms. The molecular formula is C13H16ClNO2. The summed E-state index contributed by atoms with van der Waals surface area (Å²) in [6.07, 6.45) is 0.686. The highest BCUT2D eigenvalue weighted by atomic mass is 35.5. The van der Waals surface area contributed by atoms with Crippen LogP contribution in [0.3, 0.4) is 0 Å². The van der Waals surface area contributed by atoms with Crippen molar-refractivity contribution in [1.29, 1.82) is 0 Å². The Morgan fingerprint density at radius 2 is 2.18 bits per heavy atom. The second-order valence-electron chi connectivity index (χ2n) is 3.35. The van der Waals surface area contributed by atoms with Gasteiger partial charge in [-0.1, -0.05) is 17.5 Å². The molecule has 17 heavy (non-hydrogen) atoms. The van der Waals surface area contributed by atoms with Crippen molar-refractivity contribution >= 4 is 11.6 Å². The molecule has 0 aliphatic carbocycles. The van der Waals surface area contributed by atoms with Gasteiger partial charge in [0.05, 0.1) is 7.11 Å². The Morgan fingerprint density at radius 3 is 2.76 bits per heavy atom. The number of rotatable bonds is 5. The lowest BCUT2D eigenvalue weighted by atomic mass is 10.1. The number of nitrogens with two attached hydrogens (primary N) is 1. The third kappa shape index (κ3) is 3.85. The van der Waals surface area contributed by atoms with Gasteiger partial charge in [-0.25, -0.2) is 0 Å². The SMILES string of the molecule is CC#CCOc1c(CCN)cc(Cl)cc1OC. The minimum Gasteiger partial charge on any atom is -0.493 e. The summed E-state index contributed by atoms with van der Waals surface area (Å²) in [5, 5.41) is 0.610. The largest absolute Gasteiger partial charge is 0.493 e. The van der Waals surface area contributed by atoms with E-state index in [9.17, 15) is 0 Å². The molecule has 0 heterocycles. The van der Waals surface area contributed by atoms with Gasteiger partial charge < -0.3 is 15.2 Å². The van der Waals surface area contributed by atoms with E-state index in [0.29, 0.717) is 36.1 Å². The van der Waals surface area contributed by atoms with Gasteiger partial charge in [-0.2, -0.15) is 0 Å². The minimum absolute atomic E-state index is 0.325. The second kappa shape index (κ2) is 7.05. The molecule has 0 saturated carbocycles. The summed E-state index contributed by atoms with van der Waals surface area (Å²) in [5.74, 6) is 6.89. The summed E-state index contributed by atoms with van der Waals surface area (Å²) in [6, 6.07) is 3.56. The standard InChI is InChI=1S/C13H16ClNO2/c1-3-4-7-17-13-10(5-6-15)8-11(14)9-12(13)16-2/h8-9H,5-7,15H2,1-2H3. The van der Waals surface area contributed by atoms with Gasteiger partial charge in [-0.05, 0) is 26.0 Å². The van der Waals surface area contributed by atoms with Crippen molar-refractivity contribution < 1.29 is 9.47 Å². The topological polar surface area (TPSA) is 44.5 Å². The van der Waals surface area contributed by atoms with Crippen molar-refractivity contribution in [2.45, 2.75) is 13.3 Å². The van der Waals surface area contributed by atoms with Crippen molar-refractivity contribution in [2.75, 3.05) is 20.3 Å². The van der Waals surface area contributed by atoms with Crippen molar-refractivity contribution in [1.82, 2.24) is 0 Å². The first-order valence-electron chi connectivity index (χ1n) is 5.31. The van der Waals surface area contributed by atoms with Crippen LogP contribution in [0.5, 0.6) is 11.5 Å². The van der Waals surface area contributed by atoms with Crippen LogP contribution in [0, 0.1) is 11.8 Å². The first-order chi connectivity index (χ1) is 8.22. The molecule has 0 aromatic heterocycles. The van der Waals surface area contributed by atoms with Crippen LogP contribution in [0.2, 0.25) is 5.02 Å². The Labute approximate surface area is 107 Å². The number of ether oxygens (including phenoxy) is 2. The van der Waals surface area contributed by atoms with Crippen LogP contribution in [-0.2, 0) is 6.42 Å². The molecule has 0 fully saturated rings. The third-order valence-electron chi connectivity index (χ3n) is 2.20. The summed E-state index contributed by atoms with van der Waals surface area (Å²) in [5.41, 5.74) is 6.50. The van der Waals surface area contributed by atoms with Gasteiger partial charge in [-0.15, -0.1) is 5.92 Å². The fourth-order valence-corrected chi connectivity index (χ4v) is 1.69. The molecule has 0 bridgehead atoms. The fourth-order valence-electron chi connectivity index (χ4n) is 1.46. The van der Waals surface area contributed by atoms with Crippen LogP contribution in [0.1, 0.15) is 12.5 Å². The molecular weight excluding hydrogens is 238 g/mol. The molecule has 0 saturated heterocycles. The molecule has 0 unspecified atom stereocenters. The van der Waals surface area contributed by atoms with E-state index >= 15 is 0 Å². The van der Waals surface area contributed by atoms with Gasteiger partial charge in [-0.3, -0.25) is 0 Å². The summed E-state index contributed by atoms with van der Waals surface area (Å²) >= 11 is 5.99. The molecule has 0 radical (unpaired) electrons. The van der Waals surface area contributed by atoms with Gasteiger partial charge in [0.1, 0.15) is 6.61 Å². The molecule has 0 aliphatic rings. The molecule has 92 valence electrons. The lowest BCUT2D eigenvalue weighted by Crippen LogP contribution is -2.07. The fraction of sp³-hybridized carbons (Fsp3) is 0.385. The van der Waals surface area contributed by atoms with Gasteiger partial charge >= 0.3 is 0 Å². The summed E-state index contributed by atoms with van der Waals surface area (Å²) in [6.45, 7) is 2.62. The zero-order chi connectivity index (χ0) is 12.7. The lowest BCUT2D eigenvalue weighted by Gasteiger charge is -2.14. The first-order valence-corrected chi connectivity index (χ1v) is 5.69.